The third-order valence-corrected chi connectivity index (χ3v) is 4.18. The van der Waals surface area contributed by atoms with Crippen LogP contribution in [0.5, 0.6) is 0 Å². The molecule has 2 rings (SSSR count). The van der Waals surface area contributed by atoms with Crippen molar-refractivity contribution in [2.24, 2.45) is 5.41 Å². The summed E-state index contributed by atoms with van der Waals surface area (Å²) in [6.07, 6.45) is 10.3. The van der Waals surface area contributed by atoms with E-state index in [-0.39, 0.29) is 0 Å². The first kappa shape index (κ1) is 11.4. The molecule has 1 saturated carbocycles. The fraction of sp³-hybridized carbons (Fsp3) is 1.00. The lowest BCUT2D eigenvalue weighted by Crippen LogP contribution is -2.56. The van der Waals surface area contributed by atoms with Crippen molar-refractivity contribution < 1.29 is 0 Å². The van der Waals surface area contributed by atoms with Gasteiger partial charge in [-0.05, 0) is 44.8 Å². The Hall–Kier alpha value is -0.0800. The van der Waals surface area contributed by atoms with Gasteiger partial charge in [-0.3, -0.25) is 0 Å². The SMILES string of the molecule is CNCCCN1CC2(CCCCCC2)C1. The maximum absolute atomic E-state index is 3.23. The maximum atomic E-state index is 3.23. The molecule has 1 saturated heterocycles. The van der Waals surface area contributed by atoms with Gasteiger partial charge in [0.1, 0.15) is 0 Å². The van der Waals surface area contributed by atoms with E-state index >= 15 is 0 Å². The normalized spacial score (nSPS) is 26.2. The van der Waals surface area contributed by atoms with Crippen molar-refractivity contribution in [2.75, 3.05) is 33.2 Å². The average Bonchev–Trinajstić information content (AvgIpc) is 2.42. The van der Waals surface area contributed by atoms with Crippen LogP contribution in [0.3, 0.4) is 0 Å². The second-order valence-electron chi connectivity index (χ2n) is 5.58. The van der Waals surface area contributed by atoms with Crippen LogP contribution in [0.4, 0.5) is 0 Å². The summed E-state index contributed by atoms with van der Waals surface area (Å²) >= 11 is 0. The van der Waals surface area contributed by atoms with Gasteiger partial charge in [-0.25, -0.2) is 0 Å². The average molecular weight is 210 g/mol. The quantitative estimate of drug-likeness (QED) is 0.716. The second-order valence-corrected chi connectivity index (χ2v) is 5.58. The number of nitrogens with one attached hydrogen (secondary N) is 1. The summed E-state index contributed by atoms with van der Waals surface area (Å²) in [6.45, 7) is 5.28. The molecule has 0 unspecified atom stereocenters. The fourth-order valence-electron chi connectivity index (χ4n) is 3.33. The van der Waals surface area contributed by atoms with Gasteiger partial charge in [0.25, 0.3) is 0 Å². The Morgan fingerprint density at radius 1 is 1.07 bits per heavy atom. The van der Waals surface area contributed by atoms with Crippen LogP contribution in [-0.2, 0) is 0 Å². The lowest BCUT2D eigenvalue weighted by Gasteiger charge is -2.50. The Morgan fingerprint density at radius 3 is 2.33 bits per heavy atom. The van der Waals surface area contributed by atoms with Gasteiger partial charge in [-0.2, -0.15) is 0 Å². The molecule has 88 valence electrons. The molecule has 1 aliphatic heterocycles. The molecule has 0 aromatic rings. The van der Waals surface area contributed by atoms with E-state index in [1.54, 1.807) is 0 Å². The van der Waals surface area contributed by atoms with E-state index in [1.807, 2.05) is 7.05 Å². The molecular weight excluding hydrogens is 184 g/mol. The van der Waals surface area contributed by atoms with Crippen LogP contribution in [0.15, 0.2) is 0 Å². The van der Waals surface area contributed by atoms with Gasteiger partial charge in [0, 0.05) is 13.1 Å². The van der Waals surface area contributed by atoms with Gasteiger partial charge in [-0.1, -0.05) is 25.7 Å². The largest absolute Gasteiger partial charge is 0.320 e. The third-order valence-electron chi connectivity index (χ3n) is 4.18. The first-order valence-electron chi connectivity index (χ1n) is 6.72. The summed E-state index contributed by atoms with van der Waals surface area (Å²) in [4.78, 5) is 2.66. The number of hydrogen-bond acceptors (Lipinski definition) is 2. The summed E-state index contributed by atoms with van der Waals surface area (Å²) < 4.78 is 0. The van der Waals surface area contributed by atoms with E-state index in [0.29, 0.717) is 0 Å². The van der Waals surface area contributed by atoms with Gasteiger partial charge < -0.3 is 10.2 Å². The van der Waals surface area contributed by atoms with Crippen molar-refractivity contribution in [1.82, 2.24) is 10.2 Å². The maximum Gasteiger partial charge on any atom is 0.00505 e. The first-order valence-corrected chi connectivity index (χ1v) is 6.72. The van der Waals surface area contributed by atoms with E-state index in [9.17, 15) is 0 Å². The zero-order valence-electron chi connectivity index (χ0n) is 10.2. The zero-order chi connectivity index (χ0) is 10.6. The molecule has 1 heterocycles. The highest BCUT2D eigenvalue weighted by Crippen LogP contribution is 2.42. The van der Waals surface area contributed by atoms with Crippen LogP contribution in [-0.4, -0.2) is 38.1 Å². The molecule has 0 radical (unpaired) electrons. The van der Waals surface area contributed by atoms with Crippen molar-refractivity contribution in [3.63, 3.8) is 0 Å². The number of rotatable bonds is 4. The van der Waals surface area contributed by atoms with Gasteiger partial charge in [0.15, 0.2) is 0 Å². The number of likely N-dealkylation sites (tertiary alicyclic amines) is 1. The Balaban J connectivity index is 1.66. The highest BCUT2D eigenvalue weighted by Gasteiger charge is 2.41. The molecule has 2 nitrogen and oxygen atoms in total. The molecule has 2 aliphatic rings. The van der Waals surface area contributed by atoms with Crippen LogP contribution >= 0.6 is 0 Å². The van der Waals surface area contributed by atoms with Crippen LogP contribution < -0.4 is 5.32 Å². The molecule has 15 heavy (non-hydrogen) atoms. The van der Waals surface area contributed by atoms with Crippen molar-refractivity contribution in [3.05, 3.63) is 0 Å². The Kier molecular flexibility index (Phi) is 4.04. The standard InChI is InChI=1S/C13H26N2/c1-14-9-6-10-15-11-13(12-15)7-4-2-3-5-8-13/h14H,2-12H2,1H3. The predicted molar refractivity (Wildman–Crippen MR) is 65.1 cm³/mol. The topological polar surface area (TPSA) is 15.3 Å². The fourth-order valence-corrected chi connectivity index (χ4v) is 3.33. The Morgan fingerprint density at radius 2 is 1.73 bits per heavy atom. The number of nitrogens with zero attached hydrogens (tertiary/aromatic N) is 1. The molecule has 1 spiro atoms. The van der Waals surface area contributed by atoms with Crippen molar-refractivity contribution in [1.29, 1.82) is 0 Å². The molecule has 0 aromatic heterocycles. The molecule has 2 fully saturated rings. The van der Waals surface area contributed by atoms with Crippen molar-refractivity contribution in [3.8, 4) is 0 Å². The van der Waals surface area contributed by atoms with E-state index in [0.717, 1.165) is 5.41 Å². The summed E-state index contributed by atoms with van der Waals surface area (Å²) in [5, 5.41) is 3.23. The van der Waals surface area contributed by atoms with E-state index in [1.165, 1.54) is 71.1 Å². The minimum atomic E-state index is 0.760. The molecular formula is C13H26N2. The lowest BCUT2D eigenvalue weighted by molar-refractivity contribution is -0.0119. The second kappa shape index (κ2) is 5.31. The lowest BCUT2D eigenvalue weighted by atomic mass is 9.73. The summed E-state index contributed by atoms with van der Waals surface area (Å²) in [5.41, 5.74) is 0.760. The van der Waals surface area contributed by atoms with Crippen LogP contribution in [0.2, 0.25) is 0 Å². The summed E-state index contributed by atoms with van der Waals surface area (Å²) in [6, 6.07) is 0. The molecule has 2 heteroatoms. The highest BCUT2D eigenvalue weighted by atomic mass is 15.2. The van der Waals surface area contributed by atoms with E-state index in [2.05, 4.69) is 10.2 Å². The molecule has 1 N–H and O–H groups in total. The first-order chi connectivity index (χ1) is 7.35. The van der Waals surface area contributed by atoms with Crippen LogP contribution in [0.1, 0.15) is 44.9 Å². The van der Waals surface area contributed by atoms with Gasteiger partial charge in [-0.15, -0.1) is 0 Å². The highest BCUT2D eigenvalue weighted by molar-refractivity contribution is 4.95. The van der Waals surface area contributed by atoms with E-state index < -0.39 is 0 Å². The van der Waals surface area contributed by atoms with Gasteiger partial charge in [0.05, 0.1) is 0 Å². The molecule has 0 bridgehead atoms. The van der Waals surface area contributed by atoms with Crippen LogP contribution in [0.25, 0.3) is 0 Å². The Labute approximate surface area is 94.4 Å². The molecule has 1 aliphatic carbocycles. The zero-order valence-corrected chi connectivity index (χ0v) is 10.2. The third kappa shape index (κ3) is 2.94. The smallest absolute Gasteiger partial charge is 0.00505 e. The summed E-state index contributed by atoms with van der Waals surface area (Å²) in [7, 11) is 2.04. The van der Waals surface area contributed by atoms with E-state index in [4.69, 9.17) is 0 Å². The monoisotopic (exact) mass is 210 g/mol. The van der Waals surface area contributed by atoms with Gasteiger partial charge in [0.2, 0.25) is 0 Å². The Bertz CT molecular complexity index is 175. The number of hydrogen-bond donors (Lipinski definition) is 1. The molecule has 0 amide bonds. The minimum Gasteiger partial charge on any atom is -0.320 e. The van der Waals surface area contributed by atoms with Crippen molar-refractivity contribution in [2.45, 2.75) is 44.9 Å². The molecule has 0 aromatic carbocycles. The predicted octanol–water partition coefficient (Wildman–Crippen LogP) is 2.25. The van der Waals surface area contributed by atoms with Gasteiger partial charge >= 0.3 is 0 Å². The van der Waals surface area contributed by atoms with Crippen LogP contribution in [0, 0.1) is 5.41 Å². The molecule has 0 atom stereocenters. The summed E-state index contributed by atoms with van der Waals surface area (Å²) in [5.74, 6) is 0. The van der Waals surface area contributed by atoms with Crippen molar-refractivity contribution >= 4 is 0 Å². The minimum absolute atomic E-state index is 0.760.